The van der Waals surface area contributed by atoms with E-state index in [2.05, 4.69) is 26.1 Å². The van der Waals surface area contributed by atoms with Crippen molar-refractivity contribution >= 4 is 0 Å². The van der Waals surface area contributed by atoms with Gasteiger partial charge in [0, 0.05) is 13.2 Å². The van der Waals surface area contributed by atoms with Crippen LogP contribution in [0.15, 0.2) is 0 Å². The average molecular weight is 187 g/mol. The first-order chi connectivity index (χ1) is 6.35. The van der Waals surface area contributed by atoms with E-state index in [4.69, 9.17) is 4.74 Å². The predicted molar refractivity (Wildman–Crippen MR) is 58.1 cm³/mol. The molecule has 0 aromatic carbocycles. The van der Waals surface area contributed by atoms with Gasteiger partial charge >= 0.3 is 0 Å². The van der Waals surface area contributed by atoms with Crippen molar-refractivity contribution in [1.82, 2.24) is 5.32 Å². The lowest BCUT2D eigenvalue weighted by Gasteiger charge is -2.17. The van der Waals surface area contributed by atoms with E-state index in [1.54, 1.807) is 0 Å². The zero-order valence-corrected chi connectivity index (χ0v) is 9.44. The maximum absolute atomic E-state index is 5.76. The topological polar surface area (TPSA) is 21.3 Å². The number of unbranched alkanes of at least 4 members (excludes halogenated alkanes) is 1. The Bertz CT molecular complexity index is 96.1. The molecule has 0 aromatic heterocycles. The fourth-order valence-corrected chi connectivity index (χ4v) is 1.27. The molecule has 1 N–H and O–H groups in total. The predicted octanol–water partition coefficient (Wildman–Crippen LogP) is 2.58. The van der Waals surface area contributed by atoms with Gasteiger partial charge in [-0.05, 0) is 19.4 Å². The van der Waals surface area contributed by atoms with Crippen molar-refractivity contribution in [3.05, 3.63) is 0 Å². The molecule has 1 atom stereocenters. The van der Waals surface area contributed by atoms with Crippen molar-refractivity contribution in [3.8, 4) is 0 Å². The van der Waals surface area contributed by atoms with E-state index < -0.39 is 0 Å². The molecule has 13 heavy (non-hydrogen) atoms. The first-order valence-corrected chi connectivity index (χ1v) is 5.67. The third-order valence-electron chi connectivity index (χ3n) is 2.08. The molecule has 0 fully saturated rings. The van der Waals surface area contributed by atoms with Crippen LogP contribution in [0.5, 0.6) is 0 Å². The fraction of sp³-hybridized carbons (Fsp3) is 1.00. The second kappa shape index (κ2) is 10.0. The van der Waals surface area contributed by atoms with Crippen LogP contribution >= 0.6 is 0 Å². The fourth-order valence-electron chi connectivity index (χ4n) is 1.27. The molecule has 80 valence electrons. The van der Waals surface area contributed by atoms with E-state index in [0.717, 1.165) is 19.7 Å². The van der Waals surface area contributed by atoms with Gasteiger partial charge in [-0.25, -0.2) is 0 Å². The standard InChI is InChI=1S/C11H25NO/c1-4-7-9-13-11(8-5-2)10-12-6-3/h11-12H,4-10H2,1-3H3. The van der Waals surface area contributed by atoms with Crippen LogP contribution in [0.2, 0.25) is 0 Å². The van der Waals surface area contributed by atoms with Gasteiger partial charge in [0.25, 0.3) is 0 Å². The lowest BCUT2D eigenvalue weighted by Crippen LogP contribution is -2.29. The molecule has 0 saturated carbocycles. The van der Waals surface area contributed by atoms with E-state index in [-0.39, 0.29) is 0 Å². The number of ether oxygens (including phenoxy) is 1. The minimum atomic E-state index is 0.427. The highest BCUT2D eigenvalue weighted by molar-refractivity contribution is 4.60. The molecule has 0 aliphatic carbocycles. The smallest absolute Gasteiger partial charge is 0.0699 e. The van der Waals surface area contributed by atoms with Gasteiger partial charge in [0.15, 0.2) is 0 Å². The molecule has 0 amide bonds. The summed E-state index contributed by atoms with van der Waals surface area (Å²) in [5.41, 5.74) is 0. The summed E-state index contributed by atoms with van der Waals surface area (Å²) in [6, 6.07) is 0. The third-order valence-corrected chi connectivity index (χ3v) is 2.08. The minimum absolute atomic E-state index is 0.427. The van der Waals surface area contributed by atoms with E-state index in [1.807, 2.05) is 0 Å². The van der Waals surface area contributed by atoms with E-state index >= 15 is 0 Å². The van der Waals surface area contributed by atoms with Gasteiger partial charge in [0.05, 0.1) is 6.10 Å². The Balaban J connectivity index is 3.41. The van der Waals surface area contributed by atoms with Gasteiger partial charge in [-0.3, -0.25) is 0 Å². The van der Waals surface area contributed by atoms with Crippen molar-refractivity contribution in [1.29, 1.82) is 0 Å². The Kier molecular flexibility index (Phi) is 9.94. The highest BCUT2D eigenvalue weighted by Gasteiger charge is 2.05. The van der Waals surface area contributed by atoms with Gasteiger partial charge in [-0.1, -0.05) is 33.6 Å². The van der Waals surface area contributed by atoms with Crippen LogP contribution < -0.4 is 5.32 Å². The van der Waals surface area contributed by atoms with Crippen LogP contribution in [0.25, 0.3) is 0 Å². The maximum Gasteiger partial charge on any atom is 0.0699 e. The van der Waals surface area contributed by atoms with Crippen LogP contribution in [0.4, 0.5) is 0 Å². The van der Waals surface area contributed by atoms with Gasteiger partial charge in [-0.15, -0.1) is 0 Å². The van der Waals surface area contributed by atoms with E-state index in [0.29, 0.717) is 6.10 Å². The molecule has 0 radical (unpaired) electrons. The van der Waals surface area contributed by atoms with Gasteiger partial charge in [0.1, 0.15) is 0 Å². The van der Waals surface area contributed by atoms with Crippen molar-refractivity contribution in [3.63, 3.8) is 0 Å². The Morgan fingerprint density at radius 1 is 1.15 bits per heavy atom. The Morgan fingerprint density at radius 3 is 2.46 bits per heavy atom. The van der Waals surface area contributed by atoms with Gasteiger partial charge < -0.3 is 10.1 Å². The second-order valence-electron chi connectivity index (χ2n) is 3.44. The van der Waals surface area contributed by atoms with Gasteiger partial charge in [0.2, 0.25) is 0 Å². The SMILES string of the molecule is CCCCOC(CCC)CNCC. The maximum atomic E-state index is 5.76. The average Bonchev–Trinajstić information content (AvgIpc) is 2.14. The normalized spacial score (nSPS) is 13.2. The number of rotatable bonds is 9. The minimum Gasteiger partial charge on any atom is -0.377 e. The first kappa shape index (κ1) is 12.9. The monoisotopic (exact) mass is 187 g/mol. The lowest BCUT2D eigenvalue weighted by atomic mass is 10.2. The van der Waals surface area contributed by atoms with Crippen molar-refractivity contribution in [2.45, 2.75) is 52.6 Å². The molecule has 2 nitrogen and oxygen atoms in total. The van der Waals surface area contributed by atoms with Crippen molar-refractivity contribution < 1.29 is 4.74 Å². The summed E-state index contributed by atoms with van der Waals surface area (Å²) in [7, 11) is 0. The molecule has 2 heteroatoms. The van der Waals surface area contributed by atoms with Crippen LogP contribution in [-0.2, 0) is 4.74 Å². The Hall–Kier alpha value is -0.0800. The summed E-state index contributed by atoms with van der Waals surface area (Å²) in [6.45, 7) is 9.51. The van der Waals surface area contributed by atoms with Crippen LogP contribution in [0.1, 0.15) is 46.5 Å². The molecule has 0 bridgehead atoms. The summed E-state index contributed by atoms with van der Waals surface area (Å²) in [4.78, 5) is 0. The third kappa shape index (κ3) is 8.26. The zero-order chi connectivity index (χ0) is 9.94. The summed E-state index contributed by atoms with van der Waals surface area (Å²) in [5, 5.41) is 3.34. The quantitative estimate of drug-likeness (QED) is 0.560. The van der Waals surface area contributed by atoms with Crippen LogP contribution in [0.3, 0.4) is 0 Å². The highest BCUT2D eigenvalue weighted by atomic mass is 16.5. The molecule has 0 heterocycles. The van der Waals surface area contributed by atoms with Crippen molar-refractivity contribution in [2.24, 2.45) is 0 Å². The molecule has 0 aliphatic rings. The molecule has 0 spiro atoms. The first-order valence-electron chi connectivity index (χ1n) is 5.67. The highest BCUT2D eigenvalue weighted by Crippen LogP contribution is 2.02. The molecule has 0 rings (SSSR count). The number of likely N-dealkylation sites (N-methyl/N-ethyl adjacent to an activating group) is 1. The van der Waals surface area contributed by atoms with E-state index in [9.17, 15) is 0 Å². The zero-order valence-electron chi connectivity index (χ0n) is 9.44. The lowest BCUT2D eigenvalue weighted by molar-refractivity contribution is 0.0456. The van der Waals surface area contributed by atoms with Crippen molar-refractivity contribution in [2.75, 3.05) is 19.7 Å². The molecule has 0 aromatic rings. The van der Waals surface area contributed by atoms with E-state index in [1.165, 1.54) is 25.7 Å². The molecule has 0 saturated heterocycles. The molecule has 1 unspecified atom stereocenters. The Labute approximate surface area is 83.1 Å². The van der Waals surface area contributed by atoms with Crippen LogP contribution in [-0.4, -0.2) is 25.8 Å². The molecular weight excluding hydrogens is 162 g/mol. The molecular formula is C11H25NO. The largest absolute Gasteiger partial charge is 0.377 e. The summed E-state index contributed by atoms with van der Waals surface area (Å²) in [6.07, 6.45) is 5.22. The Morgan fingerprint density at radius 2 is 1.92 bits per heavy atom. The number of nitrogens with one attached hydrogen (secondary N) is 1. The second-order valence-corrected chi connectivity index (χ2v) is 3.44. The summed E-state index contributed by atoms with van der Waals surface area (Å²) in [5.74, 6) is 0. The van der Waals surface area contributed by atoms with Gasteiger partial charge in [-0.2, -0.15) is 0 Å². The number of hydrogen-bond donors (Lipinski definition) is 1. The summed E-state index contributed by atoms with van der Waals surface area (Å²) >= 11 is 0. The summed E-state index contributed by atoms with van der Waals surface area (Å²) < 4.78 is 5.76. The number of hydrogen-bond acceptors (Lipinski definition) is 2. The molecule has 0 aliphatic heterocycles. The van der Waals surface area contributed by atoms with Crippen LogP contribution in [0, 0.1) is 0 Å².